The number of β-amino-alcohol motifs (C(OH)–C–C–N with tert-alkyl or cyclic N) is 1. The van der Waals surface area contributed by atoms with Gasteiger partial charge in [0, 0.05) is 19.5 Å². The van der Waals surface area contributed by atoms with E-state index in [2.05, 4.69) is 4.90 Å². The summed E-state index contributed by atoms with van der Waals surface area (Å²) in [7, 11) is 3.67. The van der Waals surface area contributed by atoms with Crippen LogP contribution in [0.3, 0.4) is 0 Å². The van der Waals surface area contributed by atoms with Crippen molar-refractivity contribution in [3.05, 3.63) is 29.8 Å². The second kappa shape index (κ2) is 3.83. The Labute approximate surface area is 90.3 Å². The molecule has 1 aliphatic rings. The summed E-state index contributed by atoms with van der Waals surface area (Å²) in [6.45, 7) is 1.48. The summed E-state index contributed by atoms with van der Waals surface area (Å²) in [4.78, 5) is 2.11. The van der Waals surface area contributed by atoms with Crippen molar-refractivity contribution in [1.29, 1.82) is 0 Å². The van der Waals surface area contributed by atoms with Crippen molar-refractivity contribution in [2.45, 2.75) is 12.0 Å². The molecular weight excluding hydrogens is 190 g/mol. The molecule has 1 aromatic carbocycles. The van der Waals surface area contributed by atoms with Crippen molar-refractivity contribution in [2.75, 3.05) is 27.2 Å². The highest BCUT2D eigenvalue weighted by Crippen LogP contribution is 2.28. The standard InChI is InChI=1S/C12H17NO2/c1-13-8-12(14,9-13)7-10-5-3-4-6-11(10)15-2/h3-6,14H,7-9H2,1-2H3. The van der Waals surface area contributed by atoms with Crippen LogP contribution in [0.4, 0.5) is 0 Å². The van der Waals surface area contributed by atoms with Crippen LogP contribution in [0.2, 0.25) is 0 Å². The number of hydrogen-bond donors (Lipinski definition) is 1. The third kappa shape index (κ3) is 2.13. The van der Waals surface area contributed by atoms with Crippen LogP contribution >= 0.6 is 0 Å². The Balaban J connectivity index is 2.10. The quantitative estimate of drug-likeness (QED) is 0.800. The molecule has 0 unspecified atom stereocenters. The van der Waals surface area contributed by atoms with Crippen molar-refractivity contribution in [3.63, 3.8) is 0 Å². The fourth-order valence-corrected chi connectivity index (χ4v) is 2.27. The fraction of sp³-hybridized carbons (Fsp3) is 0.500. The lowest BCUT2D eigenvalue weighted by Gasteiger charge is -2.44. The van der Waals surface area contributed by atoms with E-state index in [1.165, 1.54) is 0 Å². The third-order valence-corrected chi connectivity index (χ3v) is 2.84. The Morgan fingerprint density at radius 2 is 2.07 bits per heavy atom. The summed E-state index contributed by atoms with van der Waals surface area (Å²) in [6, 6.07) is 7.86. The van der Waals surface area contributed by atoms with E-state index in [4.69, 9.17) is 4.74 Å². The summed E-state index contributed by atoms with van der Waals surface area (Å²) in [6.07, 6.45) is 0.668. The number of rotatable bonds is 3. The summed E-state index contributed by atoms with van der Waals surface area (Å²) < 4.78 is 5.26. The summed E-state index contributed by atoms with van der Waals surface area (Å²) in [5.74, 6) is 0.862. The highest BCUT2D eigenvalue weighted by atomic mass is 16.5. The normalized spacial score (nSPS) is 19.7. The molecule has 0 radical (unpaired) electrons. The molecule has 1 N–H and O–H groups in total. The number of aliphatic hydroxyl groups is 1. The Hall–Kier alpha value is -1.06. The molecule has 0 bridgehead atoms. The minimum Gasteiger partial charge on any atom is -0.496 e. The first kappa shape index (κ1) is 10.5. The Bertz CT molecular complexity index is 345. The number of methoxy groups -OCH3 is 1. The molecule has 1 saturated heterocycles. The van der Waals surface area contributed by atoms with Gasteiger partial charge in [-0.2, -0.15) is 0 Å². The highest BCUT2D eigenvalue weighted by Gasteiger charge is 2.39. The molecule has 3 heteroatoms. The van der Waals surface area contributed by atoms with Gasteiger partial charge < -0.3 is 14.7 Å². The lowest BCUT2D eigenvalue weighted by atomic mass is 9.87. The van der Waals surface area contributed by atoms with Crippen LogP contribution in [0.1, 0.15) is 5.56 Å². The smallest absolute Gasteiger partial charge is 0.122 e. The third-order valence-electron chi connectivity index (χ3n) is 2.84. The van der Waals surface area contributed by atoms with Gasteiger partial charge in [0.05, 0.1) is 12.7 Å². The van der Waals surface area contributed by atoms with Crippen LogP contribution in [0.25, 0.3) is 0 Å². The molecule has 1 fully saturated rings. The van der Waals surface area contributed by atoms with Crippen molar-refractivity contribution in [2.24, 2.45) is 0 Å². The number of likely N-dealkylation sites (tertiary alicyclic amines) is 1. The van der Waals surface area contributed by atoms with Gasteiger partial charge in [-0.25, -0.2) is 0 Å². The molecule has 82 valence electrons. The predicted octanol–water partition coefficient (Wildman–Crippen LogP) is 0.914. The summed E-state index contributed by atoms with van der Waals surface area (Å²) in [5.41, 5.74) is 0.513. The number of benzene rings is 1. The number of para-hydroxylation sites is 1. The second-order valence-electron chi connectivity index (χ2n) is 4.39. The maximum atomic E-state index is 10.2. The molecule has 15 heavy (non-hydrogen) atoms. The van der Waals surface area contributed by atoms with E-state index < -0.39 is 5.60 Å². The van der Waals surface area contributed by atoms with Gasteiger partial charge >= 0.3 is 0 Å². The van der Waals surface area contributed by atoms with Crippen molar-refractivity contribution in [1.82, 2.24) is 4.90 Å². The molecule has 1 heterocycles. The molecule has 0 spiro atoms. The van der Waals surface area contributed by atoms with Gasteiger partial charge in [0.2, 0.25) is 0 Å². The maximum absolute atomic E-state index is 10.2. The van der Waals surface area contributed by atoms with E-state index in [0.29, 0.717) is 6.42 Å². The fourth-order valence-electron chi connectivity index (χ4n) is 2.27. The number of nitrogens with zero attached hydrogens (tertiary/aromatic N) is 1. The molecule has 0 aliphatic carbocycles. The van der Waals surface area contributed by atoms with Crippen molar-refractivity contribution < 1.29 is 9.84 Å². The Morgan fingerprint density at radius 3 is 2.67 bits per heavy atom. The van der Waals surface area contributed by atoms with Crippen molar-refractivity contribution in [3.8, 4) is 5.75 Å². The topological polar surface area (TPSA) is 32.7 Å². The molecule has 1 aromatic rings. The van der Waals surface area contributed by atoms with Crippen LogP contribution in [0.5, 0.6) is 5.75 Å². The molecule has 0 amide bonds. The zero-order valence-electron chi connectivity index (χ0n) is 9.23. The highest BCUT2D eigenvalue weighted by molar-refractivity contribution is 5.34. The minimum atomic E-state index is -0.566. The second-order valence-corrected chi connectivity index (χ2v) is 4.39. The zero-order valence-corrected chi connectivity index (χ0v) is 9.23. The van der Waals surface area contributed by atoms with E-state index in [-0.39, 0.29) is 0 Å². The summed E-state index contributed by atoms with van der Waals surface area (Å²) in [5, 5.41) is 10.2. The SMILES string of the molecule is COc1ccccc1CC1(O)CN(C)C1. The Kier molecular flexibility index (Phi) is 2.67. The monoisotopic (exact) mass is 207 g/mol. The maximum Gasteiger partial charge on any atom is 0.122 e. The van der Waals surface area contributed by atoms with Gasteiger partial charge in [-0.05, 0) is 18.7 Å². The van der Waals surface area contributed by atoms with E-state index in [1.54, 1.807) is 7.11 Å². The van der Waals surface area contributed by atoms with Gasteiger partial charge in [0.15, 0.2) is 0 Å². The molecule has 0 saturated carbocycles. The lowest BCUT2D eigenvalue weighted by molar-refractivity contribution is -0.0850. The predicted molar refractivity (Wildman–Crippen MR) is 59.1 cm³/mol. The first-order chi connectivity index (χ1) is 7.13. The van der Waals surface area contributed by atoms with Gasteiger partial charge in [0.25, 0.3) is 0 Å². The molecule has 0 atom stereocenters. The average molecular weight is 207 g/mol. The summed E-state index contributed by atoms with van der Waals surface area (Å²) >= 11 is 0. The lowest BCUT2D eigenvalue weighted by Crippen LogP contribution is -2.61. The molecule has 0 aromatic heterocycles. The van der Waals surface area contributed by atoms with Gasteiger partial charge in [-0.15, -0.1) is 0 Å². The molecule has 2 rings (SSSR count). The minimum absolute atomic E-state index is 0.566. The van der Waals surface area contributed by atoms with Crippen LogP contribution in [0.15, 0.2) is 24.3 Å². The largest absolute Gasteiger partial charge is 0.496 e. The first-order valence-corrected chi connectivity index (χ1v) is 5.16. The van der Waals surface area contributed by atoms with Crippen LogP contribution in [-0.4, -0.2) is 42.9 Å². The number of likely N-dealkylation sites (N-methyl/N-ethyl adjacent to an activating group) is 1. The van der Waals surface area contributed by atoms with Crippen LogP contribution < -0.4 is 4.74 Å². The van der Waals surface area contributed by atoms with Gasteiger partial charge in [0.1, 0.15) is 5.75 Å². The first-order valence-electron chi connectivity index (χ1n) is 5.16. The zero-order chi connectivity index (χ0) is 10.9. The van der Waals surface area contributed by atoms with Gasteiger partial charge in [-0.1, -0.05) is 18.2 Å². The molecule has 3 nitrogen and oxygen atoms in total. The average Bonchev–Trinajstić information content (AvgIpc) is 2.16. The molecular formula is C12H17NO2. The Morgan fingerprint density at radius 1 is 1.40 bits per heavy atom. The molecule has 1 aliphatic heterocycles. The van der Waals surface area contributed by atoms with E-state index in [9.17, 15) is 5.11 Å². The van der Waals surface area contributed by atoms with Crippen molar-refractivity contribution >= 4 is 0 Å². The van der Waals surface area contributed by atoms with Gasteiger partial charge in [-0.3, -0.25) is 0 Å². The number of hydrogen-bond acceptors (Lipinski definition) is 3. The van der Waals surface area contributed by atoms with E-state index in [0.717, 1.165) is 24.4 Å². The van der Waals surface area contributed by atoms with Crippen LogP contribution in [-0.2, 0) is 6.42 Å². The van der Waals surface area contributed by atoms with Crippen LogP contribution in [0, 0.1) is 0 Å². The van der Waals surface area contributed by atoms with E-state index >= 15 is 0 Å². The van der Waals surface area contributed by atoms with E-state index in [1.807, 2.05) is 31.3 Å². The number of ether oxygens (including phenoxy) is 1.